The van der Waals surface area contributed by atoms with E-state index in [1.54, 1.807) is 6.07 Å². The van der Waals surface area contributed by atoms with E-state index >= 15 is 0 Å². The lowest BCUT2D eigenvalue weighted by atomic mass is 10.1. The summed E-state index contributed by atoms with van der Waals surface area (Å²) in [6.07, 6.45) is 3.56. The standard InChI is InChI=1S/C19H20N4O2/c24-19(25)14-5-6-20-17(9-14)18-12-23(13-21-18)8-7-22-10-15-3-1-2-4-16(15)11-22/h1-6,9,12,21H,7-8,10-11,13H2,(H,24,25). The van der Waals surface area contributed by atoms with Gasteiger partial charge in [0.25, 0.3) is 0 Å². The summed E-state index contributed by atoms with van der Waals surface area (Å²) in [5.41, 5.74) is 4.63. The van der Waals surface area contributed by atoms with E-state index in [4.69, 9.17) is 5.11 Å². The van der Waals surface area contributed by atoms with Crippen LogP contribution >= 0.6 is 0 Å². The lowest BCUT2D eigenvalue weighted by molar-refractivity contribution is 0.0696. The first-order chi connectivity index (χ1) is 12.2. The summed E-state index contributed by atoms with van der Waals surface area (Å²) in [7, 11) is 0. The van der Waals surface area contributed by atoms with Crippen LogP contribution in [0.1, 0.15) is 27.2 Å². The van der Waals surface area contributed by atoms with E-state index in [1.165, 1.54) is 23.4 Å². The first-order valence-electron chi connectivity index (χ1n) is 8.37. The maximum absolute atomic E-state index is 11.1. The van der Waals surface area contributed by atoms with Crippen molar-refractivity contribution in [1.29, 1.82) is 0 Å². The summed E-state index contributed by atoms with van der Waals surface area (Å²) < 4.78 is 0. The van der Waals surface area contributed by atoms with Gasteiger partial charge >= 0.3 is 5.97 Å². The number of carbonyl (C=O) groups is 1. The Kier molecular flexibility index (Phi) is 4.11. The summed E-state index contributed by atoms with van der Waals surface area (Å²) in [4.78, 5) is 20.0. The van der Waals surface area contributed by atoms with Gasteiger partial charge in [0.1, 0.15) is 0 Å². The van der Waals surface area contributed by atoms with Crippen molar-refractivity contribution in [1.82, 2.24) is 20.1 Å². The van der Waals surface area contributed by atoms with Gasteiger partial charge in [0.15, 0.2) is 0 Å². The highest BCUT2D eigenvalue weighted by atomic mass is 16.4. The lowest BCUT2D eigenvalue weighted by Crippen LogP contribution is -2.30. The zero-order valence-electron chi connectivity index (χ0n) is 13.9. The topological polar surface area (TPSA) is 68.7 Å². The summed E-state index contributed by atoms with van der Waals surface area (Å²) in [5.74, 6) is -0.937. The normalized spacial score (nSPS) is 16.5. The van der Waals surface area contributed by atoms with Gasteiger partial charge < -0.3 is 15.3 Å². The summed E-state index contributed by atoms with van der Waals surface area (Å²) >= 11 is 0. The molecule has 3 heterocycles. The van der Waals surface area contributed by atoms with Crippen LogP contribution in [0, 0.1) is 0 Å². The molecular formula is C19H20N4O2. The SMILES string of the molecule is O=C(O)c1ccnc(C2=CN(CCN3Cc4ccccc4C3)CN2)c1. The van der Waals surface area contributed by atoms with Gasteiger partial charge in [-0.3, -0.25) is 9.88 Å². The Morgan fingerprint density at radius 1 is 1.16 bits per heavy atom. The number of aromatic nitrogens is 1. The molecule has 25 heavy (non-hydrogen) atoms. The molecule has 0 amide bonds. The molecule has 2 aromatic rings. The van der Waals surface area contributed by atoms with E-state index in [-0.39, 0.29) is 5.56 Å². The largest absolute Gasteiger partial charge is 0.478 e. The monoisotopic (exact) mass is 336 g/mol. The molecule has 2 N–H and O–H groups in total. The van der Waals surface area contributed by atoms with Gasteiger partial charge in [-0.05, 0) is 23.3 Å². The number of nitrogens with one attached hydrogen (secondary N) is 1. The first-order valence-corrected chi connectivity index (χ1v) is 8.37. The average Bonchev–Trinajstić information content (AvgIpc) is 3.26. The highest BCUT2D eigenvalue weighted by Crippen LogP contribution is 2.22. The third kappa shape index (κ3) is 3.34. The molecule has 0 saturated heterocycles. The smallest absolute Gasteiger partial charge is 0.335 e. The number of hydrogen-bond donors (Lipinski definition) is 2. The Balaban J connectivity index is 1.36. The van der Waals surface area contributed by atoms with E-state index in [2.05, 4.69) is 44.4 Å². The van der Waals surface area contributed by atoms with Crippen LogP contribution in [0.25, 0.3) is 5.70 Å². The fraction of sp³-hybridized carbons (Fsp3) is 0.263. The molecular weight excluding hydrogens is 316 g/mol. The van der Waals surface area contributed by atoms with Crippen molar-refractivity contribution in [2.75, 3.05) is 19.8 Å². The third-order valence-corrected chi connectivity index (χ3v) is 4.68. The van der Waals surface area contributed by atoms with Gasteiger partial charge in [-0.2, -0.15) is 0 Å². The molecule has 6 nitrogen and oxygen atoms in total. The van der Waals surface area contributed by atoms with Crippen molar-refractivity contribution >= 4 is 11.7 Å². The highest BCUT2D eigenvalue weighted by Gasteiger charge is 2.20. The molecule has 128 valence electrons. The molecule has 4 rings (SSSR count). The molecule has 0 bridgehead atoms. The van der Waals surface area contributed by atoms with E-state index in [0.29, 0.717) is 5.69 Å². The Bertz CT molecular complexity index is 809. The highest BCUT2D eigenvalue weighted by molar-refractivity contribution is 5.88. The Morgan fingerprint density at radius 2 is 1.92 bits per heavy atom. The van der Waals surface area contributed by atoms with Crippen LogP contribution in [0.5, 0.6) is 0 Å². The van der Waals surface area contributed by atoms with E-state index < -0.39 is 5.97 Å². The fourth-order valence-electron chi connectivity index (χ4n) is 3.30. The van der Waals surface area contributed by atoms with Gasteiger partial charge in [-0.25, -0.2) is 4.79 Å². The number of fused-ring (bicyclic) bond motifs is 1. The molecule has 6 heteroatoms. The van der Waals surface area contributed by atoms with Crippen LogP contribution in [0.4, 0.5) is 0 Å². The molecule has 0 saturated carbocycles. The van der Waals surface area contributed by atoms with Gasteiger partial charge in [0.2, 0.25) is 0 Å². The molecule has 0 atom stereocenters. The van der Waals surface area contributed by atoms with E-state index in [1.807, 2.05) is 6.20 Å². The maximum atomic E-state index is 11.1. The van der Waals surface area contributed by atoms with Crippen molar-refractivity contribution < 1.29 is 9.90 Å². The van der Waals surface area contributed by atoms with Crippen LogP contribution < -0.4 is 5.32 Å². The second kappa shape index (κ2) is 6.57. The predicted octanol–water partition coefficient (Wildman–Crippen LogP) is 1.96. The zero-order valence-corrected chi connectivity index (χ0v) is 13.9. The molecule has 1 aromatic heterocycles. The number of rotatable bonds is 5. The number of pyridine rings is 1. The van der Waals surface area contributed by atoms with Crippen LogP contribution in [-0.2, 0) is 13.1 Å². The zero-order chi connectivity index (χ0) is 17.2. The summed E-state index contributed by atoms with van der Waals surface area (Å²) in [6.45, 7) is 4.65. The van der Waals surface area contributed by atoms with Crippen molar-refractivity contribution in [3.05, 3.63) is 71.2 Å². The van der Waals surface area contributed by atoms with Gasteiger partial charge in [-0.1, -0.05) is 24.3 Å². The number of benzene rings is 1. The van der Waals surface area contributed by atoms with Crippen LogP contribution in [0.3, 0.4) is 0 Å². The molecule has 2 aliphatic rings. The maximum Gasteiger partial charge on any atom is 0.335 e. The second-order valence-corrected chi connectivity index (χ2v) is 6.40. The van der Waals surface area contributed by atoms with E-state index in [0.717, 1.165) is 38.5 Å². The third-order valence-electron chi connectivity index (χ3n) is 4.68. The summed E-state index contributed by atoms with van der Waals surface area (Å²) in [5, 5.41) is 12.4. The fourth-order valence-corrected chi connectivity index (χ4v) is 3.30. The Labute approximate surface area is 146 Å². The van der Waals surface area contributed by atoms with Crippen molar-refractivity contribution in [3.63, 3.8) is 0 Å². The molecule has 2 aliphatic heterocycles. The number of aromatic carboxylic acids is 1. The second-order valence-electron chi connectivity index (χ2n) is 6.40. The van der Waals surface area contributed by atoms with E-state index in [9.17, 15) is 4.79 Å². The molecule has 0 aliphatic carbocycles. The average molecular weight is 336 g/mol. The predicted molar refractivity (Wildman–Crippen MR) is 94.4 cm³/mol. The minimum atomic E-state index is -0.937. The van der Waals surface area contributed by atoms with Crippen LogP contribution in [0.2, 0.25) is 0 Å². The lowest BCUT2D eigenvalue weighted by Gasteiger charge is -2.20. The van der Waals surface area contributed by atoms with Crippen LogP contribution in [-0.4, -0.2) is 45.6 Å². The molecule has 0 spiro atoms. The molecule has 0 radical (unpaired) electrons. The Hall–Kier alpha value is -2.86. The number of hydrogen-bond acceptors (Lipinski definition) is 5. The number of carboxylic acid groups (broad SMARTS) is 1. The van der Waals surface area contributed by atoms with Crippen molar-refractivity contribution in [2.45, 2.75) is 13.1 Å². The minimum Gasteiger partial charge on any atom is -0.478 e. The summed E-state index contributed by atoms with van der Waals surface area (Å²) in [6, 6.07) is 11.7. The first kappa shape index (κ1) is 15.7. The molecule has 1 aromatic carbocycles. The van der Waals surface area contributed by atoms with Crippen molar-refractivity contribution in [3.8, 4) is 0 Å². The van der Waals surface area contributed by atoms with Gasteiger partial charge in [-0.15, -0.1) is 0 Å². The number of carboxylic acids is 1. The number of nitrogens with zero attached hydrogens (tertiary/aromatic N) is 3. The minimum absolute atomic E-state index is 0.251. The quantitative estimate of drug-likeness (QED) is 0.870. The van der Waals surface area contributed by atoms with Crippen LogP contribution in [0.15, 0.2) is 48.8 Å². The van der Waals surface area contributed by atoms with Gasteiger partial charge in [0, 0.05) is 38.6 Å². The van der Waals surface area contributed by atoms with Gasteiger partial charge in [0.05, 0.1) is 23.6 Å². The molecule has 0 fully saturated rings. The van der Waals surface area contributed by atoms with Crippen molar-refractivity contribution in [2.24, 2.45) is 0 Å². The Morgan fingerprint density at radius 3 is 2.64 bits per heavy atom. The molecule has 0 unspecified atom stereocenters.